The predicted octanol–water partition coefficient (Wildman–Crippen LogP) is 2.63. The quantitative estimate of drug-likeness (QED) is 0.671. The number of hydrogen-bond acceptors (Lipinski definition) is 5. The van der Waals surface area contributed by atoms with E-state index in [1.807, 2.05) is 0 Å². The molecule has 0 radical (unpaired) electrons. The number of rotatable bonds is 7. The van der Waals surface area contributed by atoms with Crippen molar-refractivity contribution in [1.29, 1.82) is 0 Å². The Morgan fingerprint density at radius 3 is 2.85 bits per heavy atom. The minimum absolute atomic E-state index is 0.913. The third-order valence-corrected chi connectivity index (χ3v) is 6.32. The fourth-order valence-electron chi connectivity index (χ4n) is 3.88. The molecular formula is C20H28N5S+. The molecule has 3 aromatic rings. The molecule has 1 aliphatic rings. The normalized spacial score (nSPS) is 13.8. The molecule has 0 saturated carbocycles. The van der Waals surface area contributed by atoms with Crippen LogP contribution in [0.3, 0.4) is 0 Å². The van der Waals surface area contributed by atoms with Crippen LogP contribution in [0.1, 0.15) is 43.0 Å². The summed E-state index contributed by atoms with van der Waals surface area (Å²) in [5.74, 6) is 0.959. The zero-order valence-corrected chi connectivity index (χ0v) is 16.8. The molecule has 0 unspecified atom stereocenters. The van der Waals surface area contributed by atoms with Gasteiger partial charge >= 0.3 is 0 Å². The van der Waals surface area contributed by atoms with E-state index in [9.17, 15) is 0 Å². The Labute approximate surface area is 158 Å². The number of hydrogen-bond donors (Lipinski definition) is 2. The summed E-state index contributed by atoms with van der Waals surface area (Å²) in [6, 6.07) is 0. The zero-order valence-electron chi connectivity index (χ0n) is 16.0. The Balaban J connectivity index is 1.81. The first-order chi connectivity index (χ1) is 12.7. The maximum absolute atomic E-state index is 5.09. The number of aryl methyl sites for hydroxylation is 2. The highest BCUT2D eigenvalue weighted by Gasteiger charge is 2.24. The van der Waals surface area contributed by atoms with Crippen molar-refractivity contribution in [2.45, 2.75) is 45.4 Å². The van der Waals surface area contributed by atoms with Crippen molar-refractivity contribution in [3.8, 4) is 0 Å². The van der Waals surface area contributed by atoms with Gasteiger partial charge in [-0.3, -0.25) is 0 Å². The molecule has 4 rings (SSSR count). The van der Waals surface area contributed by atoms with Gasteiger partial charge in [0.2, 0.25) is 0 Å². The first-order valence-corrected chi connectivity index (χ1v) is 10.6. The number of unbranched alkanes of at least 4 members (excludes halogenated alkanes) is 1. The molecule has 138 valence electrons. The summed E-state index contributed by atoms with van der Waals surface area (Å²) >= 11 is 1.76. The van der Waals surface area contributed by atoms with Gasteiger partial charge in [0, 0.05) is 11.1 Å². The first kappa shape index (κ1) is 17.6. The summed E-state index contributed by atoms with van der Waals surface area (Å²) in [4.78, 5) is 16.8. The largest absolute Gasteiger partial charge is 0.363 e. The second kappa shape index (κ2) is 7.45. The van der Waals surface area contributed by atoms with Gasteiger partial charge in [-0.1, -0.05) is 13.3 Å². The second-order valence-corrected chi connectivity index (χ2v) is 8.54. The van der Waals surface area contributed by atoms with E-state index >= 15 is 0 Å². The fraction of sp³-hybridized carbons (Fsp3) is 0.550. The van der Waals surface area contributed by atoms with Crippen molar-refractivity contribution in [3.63, 3.8) is 0 Å². The van der Waals surface area contributed by atoms with Gasteiger partial charge in [-0.2, -0.15) is 0 Å². The predicted molar refractivity (Wildman–Crippen MR) is 110 cm³/mol. The van der Waals surface area contributed by atoms with E-state index in [1.54, 1.807) is 17.7 Å². The number of pyridine rings is 1. The lowest BCUT2D eigenvalue weighted by Gasteiger charge is -2.09. The number of fused-ring (bicyclic) bond motifs is 5. The van der Waals surface area contributed by atoms with E-state index in [1.165, 1.54) is 52.8 Å². The maximum atomic E-state index is 5.09. The van der Waals surface area contributed by atoms with Gasteiger partial charge in [-0.25, -0.2) is 15.0 Å². The van der Waals surface area contributed by atoms with Crippen molar-refractivity contribution < 1.29 is 4.90 Å². The highest BCUT2D eigenvalue weighted by molar-refractivity contribution is 7.26. The number of likely N-dealkylation sites (N-methyl/N-ethyl adjacent to an activating group) is 1. The van der Waals surface area contributed by atoms with Gasteiger partial charge in [-0.05, 0) is 43.2 Å². The van der Waals surface area contributed by atoms with Crippen LogP contribution in [0, 0.1) is 0 Å². The summed E-state index contributed by atoms with van der Waals surface area (Å²) < 4.78 is 1.16. The van der Waals surface area contributed by atoms with Gasteiger partial charge in [-0.15, -0.1) is 11.3 Å². The SMILES string of the molecule is CCCCc1nc2sc3c(NCC[NH+](C)C)ncnc3c2c2c1CCC2. The first-order valence-electron chi connectivity index (χ1n) is 9.79. The summed E-state index contributed by atoms with van der Waals surface area (Å²) in [5, 5.41) is 4.80. The van der Waals surface area contributed by atoms with E-state index < -0.39 is 0 Å². The van der Waals surface area contributed by atoms with Crippen LogP contribution in [0.5, 0.6) is 0 Å². The summed E-state index contributed by atoms with van der Waals surface area (Å²) in [6.07, 6.45) is 8.82. The number of quaternary nitrogens is 1. The molecule has 26 heavy (non-hydrogen) atoms. The maximum Gasteiger partial charge on any atom is 0.147 e. The van der Waals surface area contributed by atoms with E-state index in [4.69, 9.17) is 4.98 Å². The number of nitrogens with one attached hydrogen (secondary N) is 2. The Morgan fingerprint density at radius 2 is 2.04 bits per heavy atom. The van der Waals surface area contributed by atoms with Crippen LogP contribution in [-0.4, -0.2) is 42.1 Å². The average molecular weight is 371 g/mol. The van der Waals surface area contributed by atoms with Gasteiger partial charge < -0.3 is 10.2 Å². The molecule has 0 saturated heterocycles. The Kier molecular flexibility index (Phi) is 5.05. The molecule has 0 atom stereocenters. The van der Waals surface area contributed by atoms with Gasteiger partial charge in [0.05, 0.1) is 37.4 Å². The van der Waals surface area contributed by atoms with Crippen molar-refractivity contribution in [1.82, 2.24) is 15.0 Å². The van der Waals surface area contributed by atoms with Crippen molar-refractivity contribution >= 4 is 37.6 Å². The number of aromatic nitrogens is 3. The molecule has 1 aliphatic carbocycles. The van der Waals surface area contributed by atoms with Crippen LogP contribution in [-0.2, 0) is 19.3 Å². The van der Waals surface area contributed by atoms with Gasteiger partial charge in [0.25, 0.3) is 0 Å². The molecule has 3 aromatic heterocycles. The smallest absolute Gasteiger partial charge is 0.147 e. The Bertz CT molecular complexity index is 931. The molecule has 0 spiro atoms. The van der Waals surface area contributed by atoms with Crippen LogP contribution >= 0.6 is 11.3 Å². The molecule has 3 heterocycles. The van der Waals surface area contributed by atoms with E-state index in [-0.39, 0.29) is 0 Å². The Morgan fingerprint density at radius 1 is 1.19 bits per heavy atom. The minimum atomic E-state index is 0.913. The van der Waals surface area contributed by atoms with E-state index in [2.05, 4.69) is 36.3 Å². The standard InChI is InChI=1S/C20H27N5S/c1-4-5-9-15-13-7-6-8-14(13)16-17-18(26-20(16)24-15)19(23-12-22-17)21-10-11-25(2)3/h12H,4-11H2,1-3H3,(H,21,22,23)/p+1. The third-order valence-electron chi connectivity index (χ3n) is 5.24. The van der Waals surface area contributed by atoms with Crippen LogP contribution in [0.25, 0.3) is 20.4 Å². The fourth-order valence-corrected chi connectivity index (χ4v) is 5.03. The van der Waals surface area contributed by atoms with Crippen LogP contribution in [0.15, 0.2) is 6.33 Å². The molecule has 0 aromatic carbocycles. The highest BCUT2D eigenvalue weighted by atomic mass is 32.1. The topological polar surface area (TPSA) is 55.1 Å². The number of nitrogens with zero attached hydrogens (tertiary/aromatic N) is 3. The molecule has 0 bridgehead atoms. The summed E-state index contributed by atoms with van der Waals surface area (Å²) in [6.45, 7) is 4.22. The Hall–Kier alpha value is -1.79. The zero-order chi connectivity index (χ0) is 18.1. The number of anilines is 1. The molecule has 0 aliphatic heterocycles. The minimum Gasteiger partial charge on any atom is -0.363 e. The van der Waals surface area contributed by atoms with Gasteiger partial charge in [0.15, 0.2) is 0 Å². The lowest BCUT2D eigenvalue weighted by atomic mass is 10.0. The third kappa shape index (κ3) is 3.16. The lowest BCUT2D eigenvalue weighted by Crippen LogP contribution is -3.06. The summed E-state index contributed by atoms with van der Waals surface area (Å²) in [5.41, 5.74) is 5.44. The monoisotopic (exact) mass is 370 g/mol. The number of thiophene rings is 1. The van der Waals surface area contributed by atoms with E-state index in [0.717, 1.165) is 46.8 Å². The molecule has 0 fully saturated rings. The van der Waals surface area contributed by atoms with Crippen LogP contribution in [0.4, 0.5) is 5.82 Å². The summed E-state index contributed by atoms with van der Waals surface area (Å²) in [7, 11) is 4.34. The second-order valence-electron chi connectivity index (χ2n) is 7.54. The molecule has 6 heteroatoms. The van der Waals surface area contributed by atoms with E-state index in [0.29, 0.717) is 0 Å². The van der Waals surface area contributed by atoms with Crippen LogP contribution < -0.4 is 10.2 Å². The van der Waals surface area contributed by atoms with Crippen molar-refractivity contribution in [2.24, 2.45) is 0 Å². The van der Waals surface area contributed by atoms with Crippen LogP contribution in [0.2, 0.25) is 0 Å². The molecule has 2 N–H and O–H groups in total. The molecule has 5 nitrogen and oxygen atoms in total. The molecule has 0 amide bonds. The lowest BCUT2D eigenvalue weighted by molar-refractivity contribution is -0.856. The highest BCUT2D eigenvalue weighted by Crippen LogP contribution is 2.41. The van der Waals surface area contributed by atoms with Gasteiger partial charge in [0.1, 0.15) is 17.0 Å². The van der Waals surface area contributed by atoms with Crippen molar-refractivity contribution in [3.05, 3.63) is 23.1 Å². The van der Waals surface area contributed by atoms with Crippen molar-refractivity contribution in [2.75, 3.05) is 32.5 Å². The molecular weight excluding hydrogens is 342 g/mol. The average Bonchev–Trinajstić information content (AvgIpc) is 3.23.